The first kappa shape index (κ1) is 26.8. The predicted molar refractivity (Wildman–Crippen MR) is 187 cm³/mol. The average molecular weight is 607 g/mol. The van der Waals surface area contributed by atoms with Crippen molar-refractivity contribution < 1.29 is 9.52 Å². The van der Waals surface area contributed by atoms with Gasteiger partial charge in [0.05, 0.1) is 22.3 Å². The number of para-hydroxylation sites is 1. The van der Waals surface area contributed by atoms with Gasteiger partial charge in [0.25, 0.3) is 0 Å². The van der Waals surface area contributed by atoms with E-state index in [1.54, 1.807) is 12.1 Å². The molecule has 4 heterocycles. The van der Waals surface area contributed by atoms with Gasteiger partial charge in [0.2, 0.25) is 0 Å². The topological polar surface area (TPSA) is 77.0 Å². The number of phenols is 1. The van der Waals surface area contributed by atoms with E-state index in [4.69, 9.17) is 14.4 Å². The van der Waals surface area contributed by atoms with Crippen molar-refractivity contribution in [2.24, 2.45) is 0 Å². The average Bonchev–Trinajstić information content (AvgIpc) is 3.74. The molecule has 0 amide bonds. The summed E-state index contributed by atoms with van der Waals surface area (Å²) < 4.78 is 8.21. The Morgan fingerprint density at radius 2 is 1.26 bits per heavy atom. The number of rotatable bonds is 5. The molecular weight excluding hydrogens is 580 g/mol. The van der Waals surface area contributed by atoms with Gasteiger partial charge in [0.1, 0.15) is 28.4 Å². The van der Waals surface area contributed by atoms with Crippen molar-refractivity contribution in [3.63, 3.8) is 0 Å². The third kappa shape index (κ3) is 4.46. The van der Waals surface area contributed by atoms with E-state index in [1.807, 2.05) is 54.7 Å². The molecule has 0 spiro atoms. The molecule has 9 aromatic rings. The lowest BCUT2D eigenvalue weighted by atomic mass is 9.95. The van der Waals surface area contributed by atoms with Crippen molar-refractivity contribution in [3.05, 3.63) is 152 Å². The number of pyridine rings is 2. The van der Waals surface area contributed by atoms with Crippen molar-refractivity contribution in [1.82, 2.24) is 19.5 Å². The van der Waals surface area contributed by atoms with Crippen molar-refractivity contribution in [3.8, 4) is 56.5 Å². The first-order valence-corrected chi connectivity index (χ1v) is 15.4. The predicted octanol–water partition coefficient (Wildman–Crippen LogP) is 10.1. The zero-order valence-electron chi connectivity index (χ0n) is 25.1. The van der Waals surface area contributed by atoms with Gasteiger partial charge < -0.3 is 9.52 Å². The van der Waals surface area contributed by atoms with E-state index in [2.05, 4.69) is 94.6 Å². The Morgan fingerprint density at radius 1 is 0.553 bits per heavy atom. The highest BCUT2D eigenvalue weighted by Crippen LogP contribution is 2.41. The maximum absolute atomic E-state index is 10.7. The van der Waals surface area contributed by atoms with Crippen LogP contribution >= 0.6 is 0 Å². The molecule has 0 radical (unpaired) electrons. The highest BCUT2D eigenvalue weighted by molar-refractivity contribution is 6.06. The van der Waals surface area contributed by atoms with Crippen molar-refractivity contribution >= 4 is 33.0 Å². The number of fused-ring (bicyclic) bond motifs is 4. The monoisotopic (exact) mass is 606 g/mol. The molecule has 222 valence electrons. The summed E-state index contributed by atoms with van der Waals surface area (Å²) in [5.41, 5.74) is 10.3. The molecule has 0 saturated carbocycles. The third-order valence-corrected chi connectivity index (χ3v) is 8.62. The maximum atomic E-state index is 10.7. The molecule has 0 aliphatic heterocycles. The molecule has 47 heavy (non-hydrogen) atoms. The number of imidazole rings is 1. The van der Waals surface area contributed by atoms with E-state index in [0.717, 1.165) is 50.2 Å². The highest BCUT2D eigenvalue weighted by Gasteiger charge is 2.22. The minimum atomic E-state index is 0.129. The lowest BCUT2D eigenvalue weighted by molar-refractivity contribution is 0.481. The fourth-order valence-electron chi connectivity index (χ4n) is 6.48. The summed E-state index contributed by atoms with van der Waals surface area (Å²) in [6.45, 7) is 0. The Balaban J connectivity index is 1.37. The molecule has 0 unspecified atom stereocenters. The molecule has 6 heteroatoms. The Morgan fingerprint density at radius 3 is 2.02 bits per heavy atom. The molecule has 4 aromatic heterocycles. The second kappa shape index (κ2) is 10.8. The van der Waals surface area contributed by atoms with Crippen LogP contribution in [0.1, 0.15) is 0 Å². The number of hydrogen-bond donors (Lipinski definition) is 1. The Hall–Kier alpha value is -6.53. The van der Waals surface area contributed by atoms with Gasteiger partial charge in [-0.2, -0.15) is 0 Å². The Kier molecular flexibility index (Phi) is 6.18. The fourth-order valence-corrected chi connectivity index (χ4v) is 6.48. The molecule has 0 atom stereocenters. The molecular formula is C41H26N4O2. The van der Waals surface area contributed by atoms with Gasteiger partial charge in [0, 0.05) is 34.5 Å². The molecule has 0 aliphatic carbocycles. The van der Waals surface area contributed by atoms with E-state index in [-0.39, 0.29) is 5.75 Å². The molecule has 9 rings (SSSR count). The Bertz CT molecular complexity index is 2520. The smallest absolute Gasteiger partial charge is 0.154 e. The number of aromatic nitrogens is 4. The molecule has 5 aromatic carbocycles. The molecule has 0 saturated heterocycles. The molecule has 6 nitrogen and oxygen atoms in total. The highest BCUT2D eigenvalue weighted by atomic mass is 16.3. The van der Waals surface area contributed by atoms with E-state index in [1.165, 1.54) is 0 Å². The molecule has 1 N–H and O–H groups in total. The second-order valence-electron chi connectivity index (χ2n) is 11.4. The van der Waals surface area contributed by atoms with Gasteiger partial charge in [-0.3, -0.25) is 9.55 Å². The summed E-state index contributed by atoms with van der Waals surface area (Å²) in [5.74, 6) is 0.894. The normalized spacial score (nSPS) is 11.5. The number of hydrogen-bond acceptors (Lipinski definition) is 5. The van der Waals surface area contributed by atoms with E-state index < -0.39 is 0 Å². The summed E-state index contributed by atoms with van der Waals surface area (Å²) in [7, 11) is 0. The molecule has 0 bridgehead atoms. The van der Waals surface area contributed by atoms with E-state index >= 15 is 0 Å². The maximum Gasteiger partial charge on any atom is 0.154 e. The summed E-state index contributed by atoms with van der Waals surface area (Å²) >= 11 is 0. The van der Waals surface area contributed by atoms with Crippen LogP contribution in [0, 0.1) is 0 Å². The van der Waals surface area contributed by atoms with Crippen LogP contribution < -0.4 is 0 Å². The van der Waals surface area contributed by atoms with Crippen LogP contribution in [0.4, 0.5) is 0 Å². The third-order valence-electron chi connectivity index (χ3n) is 8.62. The fraction of sp³-hybridized carbons (Fsp3) is 0. The summed E-state index contributed by atoms with van der Waals surface area (Å²) in [4.78, 5) is 15.0. The zero-order valence-corrected chi connectivity index (χ0v) is 25.1. The van der Waals surface area contributed by atoms with Crippen LogP contribution in [-0.4, -0.2) is 24.6 Å². The summed E-state index contributed by atoms with van der Waals surface area (Å²) in [6.07, 6.45) is 3.88. The number of phenolic OH excluding ortho intramolecular Hbond substituents is 1. The van der Waals surface area contributed by atoms with Crippen LogP contribution in [0.3, 0.4) is 0 Å². The van der Waals surface area contributed by atoms with E-state index in [9.17, 15) is 5.11 Å². The lowest BCUT2D eigenvalue weighted by Gasteiger charge is -2.19. The molecule has 0 aliphatic rings. The standard InChI is InChI=1S/C41H26N4O2/c46-35-20-9-21-36-38(35)39-37(47-36)23-22-33(43-39)34-25-45(41(44-34)31-17-8-19-32-30(31)18-10-24-42-32)40-28(26-11-3-1-4-12-26)15-7-16-29(40)27-13-5-2-6-14-27/h1-25,46H. The number of benzene rings is 5. The Labute approximate surface area is 269 Å². The van der Waals surface area contributed by atoms with Crippen LogP contribution in [0.5, 0.6) is 5.75 Å². The van der Waals surface area contributed by atoms with Gasteiger partial charge in [-0.05, 0) is 47.5 Å². The van der Waals surface area contributed by atoms with Gasteiger partial charge in [-0.25, -0.2) is 9.97 Å². The second-order valence-corrected chi connectivity index (χ2v) is 11.4. The summed E-state index contributed by atoms with van der Waals surface area (Å²) in [5, 5.41) is 12.3. The van der Waals surface area contributed by atoms with Crippen LogP contribution in [0.2, 0.25) is 0 Å². The zero-order chi connectivity index (χ0) is 31.3. The quantitative estimate of drug-likeness (QED) is 0.211. The van der Waals surface area contributed by atoms with Crippen LogP contribution in [-0.2, 0) is 0 Å². The minimum Gasteiger partial charge on any atom is -0.507 e. The SMILES string of the molecule is Oc1cccc2oc3ccc(-c4cn(-c5c(-c6ccccc6)cccc5-c5ccccc5)c(-c5cccc6ncccc56)n4)nc3c12. The number of furan rings is 1. The van der Waals surface area contributed by atoms with Gasteiger partial charge in [0.15, 0.2) is 5.58 Å². The van der Waals surface area contributed by atoms with Crippen molar-refractivity contribution in [1.29, 1.82) is 0 Å². The van der Waals surface area contributed by atoms with Crippen LogP contribution in [0.15, 0.2) is 156 Å². The van der Waals surface area contributed by atoms with Gasteiger partial charge in [-0.15, -0.1) is 0 Å². The molecule has 0 fully saturated rings. The van der Waals surface area contributed by atoms with Gasteiger partial charge >= 0.3 is 0 Å². The minimum absolute atomic E-state index is 0.129. The van der Waals surface area contributed by atoms with E-state index in [0.29, 0.717) is 33.5 Å². The number of aromatic hydroxyl groups is 1. The number of nitrogens with zero attached hydrogens (tertiary/aromatic N) is 4. The van der Waals surface area contributed by atoms with Crippen molar-refractivity contribution in [2.45, 2.75) is 0 Å². The first-order valence-electron chi connectivity index (χ1n) is 15.4. The lowest BCUT2D eigenvalue weighted by Crippen LogP contribution is -2.02. The van der Waals surface area contributed by atoms with Crippen molar-refractivity contribution in [2.75, 3.05) is 0 Å². The largest absolute Gasteiger partial charge is 0.507 e. The van der Waals surface area contributed by atoms with Gasteiger partial charge in [-0.1, -0.05) is 103 Å². The van der Waals surface area contributed by atoms with Crippen LogP contribution in [0.25, 0.3) is 83.7 Å². The first-order chi connectivity index (χ1) is 23.2. The summed E-state index contributed by atoms with van der Waals surface area (Å²) in [6, 6.07) is 46.6.